The normalized spacial score (nSPS) is 48.2. The van der Waals surface area contributed by atoms with Crippen molar-refractivity contribution >= 4 is 5.97 Å². The van der Waals surface area contributed by atoms with Gasteiger partial charge in [-0.15, -0.1) is 0 Å². The monoisotopic (exact) mass is 370 g/mol. The minimum Gasteiger partial charge on any atom is -0.467 e. The van der Waals surface area contributed by atoms with Gasteiger partial charge in [-0.05, 0) is 0 Å². The van der Waals surface area contributed by atoms with Gasteiger partial charge in [0.05, 0.1) is 13.7 Å². The first-order valence-corrected chi connectivity index (χ1v) is 7.46. The molecule has 2 aliphatic heterocycles. The molecule has 0 aliphatic carbocycles. The van der Waals surface area contributed by atoms with E-state index in [1.165, 1.54) is 0 Å². The molecule has 0 radical (unpaired) electrons. The van der Waals surface area contributed by atoms with Gasteiger partial charge in [-0.1, -0.05) is 0 Å². The van der Waals surface area contributed by atoms with Crippen molar-refractivity contribution < 1.29 is 59.5 Å². The van der Waals surface area contributed by atoms with Crippen LogP contribution >= 0.6 is 0 Å². The number of ether oxygens (including phenoxy) is 4. The fourth-order valence-electron chi connectivity index (χ4n) is 2.65. The number of rotatable bonds is 4. The van der Waals surface area contributed by atoms with E-state index in [0.29, 0.717) is 0 Å². The van der Waals surface area contributed by atoms with Crippen LogP contribution in [0.3, 0.4) is 0 Å². The summed E-state index contributed by atoms with van der Waals surface area (Å²) in [5.41, 5.74) is 0. The van der Waals surface area contributed by atoms with Gasteiger partial charge in [-0.3, -0.25) is 0 Å². The first-order valence-electron chi connectivity index (χ1n) is 7.46. The van der Waals surface area contributed by atoms with Crippen molar-refractivity contribution in [2.45, 2.75) is 61.4 Å². The Morgan fingerprint density at radius 1 is 0.920 bits per heavy atom. The van der Waals surface area contributed by atoms with Crippen molar-refractivity contribution in [3.8, 4) is 0 Å². The molecule has 2 heterocycles. The summed E-state index contributed by atoms with van der Waals surface area (Å²) in [6.07, 6.45) is -17.1. The number of methoxy groups -OCH3 is 1. The molecule has 7 N–H and O–H groups in total. The van der Waals surface area contributed by atoms with Crippen LogP contribution in [-0.2, 0) is 23.7 Å². The third kappa shape index (κ3) is 3.93. The van der Waals surface area contributed by atoms with Crippen LogP contribution in [-0.4, -0.2) is 117 Å². The average molecular weight is 370 g/mol. The summed E-state index contributed by atoms with van der Waals surface area (Å²) in [4.78, 5) is 11.6. The predicted molar refractivity (Wildman–Crippen MR) is 73.5 cm³/mol. The lowest BCUT2D eigenvalue weighted by Gasteiger charge is -2.44. The molecule has 12 heteroatoms. The van der Waals surface area contributed by atoms with Crippen LogP contribution in [0, 0.1) is 0 Å². The molecular formula is C13H22O12. The Balaban J connectivity index is 2.17. The third-order valence-electron chi connectivity index (χ3n) is 4.13. The molecule has 0 unspecified atom stereocenters. The molecule has 0 aromatic carbocycles. The van der Waals surface area contributed by atoms with Crippen molar-refractivity contribution in [1.29, 1.82) is 0 Å². The summed E-state index contributed by atoms with van der Waals surface area (Å²) in [5.74, 6) is -1.05. The second kappa shape index (κ2) is 8.18. The first kappa shape index (κ1) is 20.4. The van der Waals surface area contributed by atoms with E-state index in [4.69, 9.17) is 19.3 Å². The third-order valence-corrected chi connectivity index (χ3v) is 4.13. The molecule has 0 bridgehead atoms. The van der Waals surface area contributed by atoms with Gasteiger partial charge in [-0.25, -0.2) is 4.79 Å². The fourth-order valence-corrected chi connectivity index (χ4v) is 2.65. The van der Waals surface area contributed by atoms with Crippen LogP contribution in [0.15, 0.2) is 0 Å². The summed E-state index contributed by atoms with van der Waals surface area (Å²) < 4.78 is 19.5. The number of aliphatic hydroxyl groups is 7. The van der Waals surface area contributed by atoms with Crippen molar-refractivity contribution in [3.05, 3.63) is 0 Å². The molecule has 0 saturated carbocycles. The first-order chi connectivity index (χ1) is 11.7. The molecule has 10 atom stereocenters. The Labute approximate surface area is 141 Å². The zero-order chi connectivity index (χ0) is 18.9. The van der Waals surface area contributed by atoms with Gasteiger partial charge in [0.2, 0.25) is 0 Å². The van der Waals surface area contributed by atoms with Crippen molar-refractivity contribution in [2.75, 3.05) is 13.7 Å². The van der Waals surface area contributed by atoms with E-state index in [1.807, 2.05) is 0 Å². The van der Waals surface area contributed by atoms with Crippen molar-refractivity contribution in [2.24, 2.45) is 0 Å². The molecule has 146 valence electrons. The maximum absolute atomic E-state index is 11.6. The lowest BCUT2D eigenvalue weighted by atomic mass is 9.97. The molecule has 2 fully saturated rings. The van der Waals surface area contributed by atoms with Crippen LogP contribution in [0.1, 0.15) is 0 Å². The quantitative estimate of drug-likeness (QED) is 0.233. The van der Waals surface area contributed by atoms with Crippen LogP contribution in [0.5, 0.6) is 0 Å². The summed E-state index contributed by atoms with van der Waals surface area (Å²) in [6.45, 7) is -0.703. The van der Waals surface area contributed by atoms with E-state index >= 15 is 0 Å². The topological polar surface area (TPSA) is 196 Å². The Hall–Kier alpha value is -0.930. The Kier molecular flexibility index (Phi) is 6.67. The lowest BCUT2D eigenvalue weighted by Crippen LogP contribution is -2.65. The highest BCUT2D eigenvalue weighted by atomic mass is 16.7. The molecular weight excluding hydrogens is 348 g/mol. The number of carbonyl (C=O) groups excluding carboxylic acids is 1. The fraction of sp³-hybridized carbons (Fsp3) is 0.923. The van der Waals surface area contributed by atoms with E-state index in [2.05, 4.69) is 4.74 Å². The highest BCUT2D eigenvalue weighted by molar-refractivity contribution is 5.75. The minimum absolute atomic E-state index is 0.703. The van der Waals surface area contributed by atoms with E-state index < -0.39 is 74.0 Å². The van der Waals surface area contributed by atoms with Crippen LogP contribution in [0.4, 0.5) is 0 Å². The van der Waals surface area contributed by atoms with Crippen LogP contribution in [0.25, 0.3) is 0 Å². The molecule has 12 nitrogen and oxygen atoms in total. The van der Waals surface area contributed by atoms with Gasteiger partial charge < -0.3 is 54.7 Å². The second-order valence-electron chi connectivity index (χ2n) is 5.75. The number of hydrogen-bond acceptors (Lipinski definition) is 12. The highest BCUT2D eigenvalue weighted by Crippen LogP contribution is 2.28. The molecule has 25 heavy (non-hydrogen) atoms. The average Bonchev–Trinajstić information content (AvgIpc) is 2.60. The molecule has 2 aliphatic rings. The predicted octanol–water partition coefficient (Wildman–Crippen LogP) is -5.22. The molecule has 2 rings (SSSR count). The number of esters is 1. The zero-order valence-corrected chi connectivity index (χ0v) is 13.2. The largest absolute Gasteiger partial charge is 0.467 e. The van der Waals surface area contributed by atoms with E-state index in [1.54, 1.807) is 0 Å². The lowest BCUT2D eigenvalue weighted by molar-refractivity contribution is -0.351. The van der Waals surface area contributed by atoms with Gasteiger partial charge in [0, 0.05) is 0 Å². The SMILES string of the molecule is COC(=O)[C@H]1O[C@H](O[C@@H]2[C@@H](O)[C@H](O)O[C@H](CO)[C@H]2O)[C@H](O)[C@@H](O)[C@@H]1O. The maximum Gasteiger partial charge on any atom is 0.337 e. The smallest absolute Gasteiger partial charge is 0.337 e. The zero-order valence-electron chi connectivity index (χ0n) is 13.2. The minimum atomic E-state index is -1.85. The number of aliphatic hydroxyl groups excluding tert-OH is 7. The maximum atomic E-state index is 11.6. The molecule has 0 aromatic rings. The van der Waals surface area contributed by atoms with Crippen LogP contribution < -0.4 is 0 Å². The Morgan fingerprint density at radius 3 is 2.12 bits per heavy atom. The number of hydrogen-bond donors (Lipinski definition) is 7. The van der Waals surface area contributed by atoms with Gasteiger partial charge in [0.25, 0.3) is 0 Å². The number of carbonyl (C=O) groups is 1. The standard InChI is InChI=1S/C13H22O12/c1-22-12(21)10-6(17)5(16)7(18)13(25-10)24-9-4(15)3(2-14)23-11(20)8(9)19/h3-11,13-20H,2H2,1H3/t3-,4-,5+,6+,7-,8-,9+,10+,11-,13+/m1/s1. The van der Waals surface area contributed by atoms with E-state index in [-0.39, 0.29) is 0 Å². The van der Waals surface area contributed by atoms with E-state index in [9.17, 15) is 35.4 Å². The molecule has 0 amide bonds. The second-order valence-corrected chi connectivity index (χ2v) is 5.75. The Bertz CT molecular complexity index is 460. The summed E-state index contributed by atoms with van der Waals surface area (Å²) >= 11 is 0. The van der Waals surface area contributed by atoms with Gasteiger partial charge >= 0.3 is 5.97 Å². The molecule has 2 saturated heterocycles. The Morgan fingerprint density at radius 2 is 1.56 bits per heavy atom. The molecule has 0 aromatic heterocycles. The van der Waals surface area contributed by atoms with Crippen molar-refractivity contribution in [3.63, 3.8) is 0 Å². The molecule has 0 spiro atoms. The summed E-state index contributed by atoms with van der Waals surface area (Å²) in [6, 6.07) is 0. The van der Waals surface area contributed by atoms with Gasteiger partial charge in [-0.2, -0.15) is 0 Å². The van der Waals surface area contributed by atoms with Crippen molar-refractivity contribution in [1.82, 2.24) is 0 Å². The van der Waals surface area contributed by atoms with E-state index in [0.717, 1.165) is 7.11 Å². The van der Waals surface area contributed by atoms with Gasteiger partial charge in [0.1, 0.15) is 42.7 Å². The van der Waals surface area contributed by atoms with Gasteiger partial charge in [0.15, 0.2) is 18.7 Å². The summed E-state index contributed by atoms with van der Waals surface area (Å²) in [5, 5.41) is 68.2. The highest BCUT2D eigenvalue weighted by Gasteiger charge is 2.52. The van der Waals surface area contributed by atoms with Crippen LogP contribution in [0.2, 0.25) is 0 Å². The summed E-state index contributed by atoms with van der Waals surface area (Å²) in [7, 11) is 1.01.